The van der Waals surface area contributed by atoms with Crippen molar-refractivity contribution in [3.63, 3.8) is 0 Å². The van der Waals surface area contributed by atoms with Crippen molar-refractivity contribution in [3.05, 3.63) is 77.5 Å². The maximum Gasteiger partial charge on any atom is 0.262 e. The summed E-state index contributed by atoms with van der Waals surface area (Å²) in [7, 11) is 0. The van der Waals surface area contributed by atoms with Gasteiger partial charge in [-0.05, 0) is 41.3 Å². The molecule has 2 amide bonds. The SMILES string of the molecule is O=C(/C=C/c1ccc(Cl)cc1)NNC(=O)Cn1ccc2ccccc21. The second-order valence-electron chi connectivity index (χ2n) is 5.42. The first kappa shape index (κ1) is 16.8. The molecule has 5 nitrogen and oxygen atoms in total. The minimum absolute atomic E-state index is 0.120. The normalized spacial score (nSPS) is 10.9. The predicted molar refractivity (Wildman–Crippen MR) is 98.7 cm³/mol. The maximum atomic E-state index is 12.0. The third-order valence-electron chi connectivity index (χ3n) is 3.62. The molecule has 0 radical (unpaired) electrons. The number of nitrogens with zero attached hydrogens (tertiary/aromatic N) is 1. The molecule has 25 heavy (non-hydrogen) atoms. The van der Waals surface area contributed by atoms with E-state index in [4.69, 9.17) is 11.6 Å². The van der Waals surface area contributed by atoms with Crippen molar-refractivity contribution < 1.29 is 9.59 Å². The number of aromatic nitrogens is 1. The Morgan fingerprint density at radius 1 is 1.00 bits per heavy atom. The summed E-state index contributed by atoms with van der Waals surface area (Å²) in [6.45, 7) is 0.120. The Morgan fingerprint density at radius 3 is 2.56 bits per heavy atom. The van der Waals surface area contributed by atoms with Crippen LogP contribution in [0, 0.1) is 0 Å². The summed E-state index contributed by atoms with van der Waals surface area (Å²) in [6.07, 6.45) is 4.82. The summed E-state index contributed by atoms with van der Waals surface area (Å²) in [5.74, 6) is -0.727. The third kappa shape index (κ3) is 4.49. The van der Waals surface area contributed by atoms with Crippen LogP contribution in [0.25, 0.3) is 17.0 Å². The molecule has 0 spiro atoms. The largest absolute Gasteiger partial charge is 0.338 e. The molecule has 6 heteroatoms. The van der Waals surface area contributed by atoms with Gasteiger partial charge in [0.2, 0.25) is 0 Å². The number of carbonyl (C=O) groups is 2. The van der Waals surface area contributed by atoms with Gasteiger partial charge in [-0.1, -0.05) is 41.9 Å². The zero-order chi connectivity index (χ0) is 17.6. The van der Waals surface area contributed by atoms with E-state index in [1.165, 1.54) is 6.08 Å². The molecule has 1 aromatic heterocycles. The molecule has 0 saturated heterocycles. The lowest BCUT2D eigenvalue weighted by Gasteiger charge is -2.07. The average Bonchev–Trinajstić information content (AvgIpc) is 3.02. The van der Waals surface area contributed by atoms with Crippen LogP contribution in [0.1, 0.15) is 5.56 Å². The van der Waals surface area contributed by atoms with Gasteiger partial charge in [0.15, 0.2) is 0 Å². The number of hydrogen-bond donors (Lipinski definition) is 2. The van der Waals surface area contributed by atoms with E-state index >= 15 is 0 Å². The van der Waals surface area contributed by atoms with Gasteiger partial charge in [0, 0.05) is 22.8 Å². The lowest BCUT2D eigenvalue weighted by molar-refractivity contribution is -0.127. The molecule has 0 aliphatic rings. The second-order valence-corrected chi connectivity index (χ2v) is 5.86. The highest BCUT2D eigenvalue weighted by Gasteiger charge is 2.06. The average molecular weight is 354 g/mol. The maximum absolute atomic E-state index is 12.0. The van der Waals surface area contributed by atoms with E-state index in [9.17, 15) is 9.59 Å². The van der Waals surface area contributed by atoms with Gasteiger partial charge in [-0.3, -0.25) is 20.4 Å². The number of rotatable bonds is 4. The van der Waals surface area contributed by atoms with Gasteiger partial charge in [0.25, 0.3) is 11.8 Å². The summed E-state index contributed by atoms with van der Waals surface area (Å²) < 4.78 is 1.82. The van der Waals surface area contributed by atoms with Gasteiger partial charge in [-0.2, -0.15) is 0 Å². The summed E-state index contributed by atoms with van der Waals surface area (Å²) >= 11 is 5.80. The molecule has 0 aliphatic carbocycles. The second kappa shape index (κ2) is 7.68. The first-order valence-corrected chi connectivity index (χ1v) is 8.06. The Labute approximate surface area is 149 Å². The van der Waals surface area contributed by atoms with Crippen molar-refractivity contribution in [2.24, 2.45) is 0 Å². The number of para-hydroxylation sites is 1. The molecule has 3 rings (SSSR count). The van der Waals surface area contributed by atoms with E-state index in [0.29, 0.717) is 5.02 Å². The Hall–Kier alpha value is -3.05. The number of halogens is 1. The van der Waals surface area contributed by atoms with Gasteiger partial charge in [-0.25, -0.2) is 0 Å². The molecule has 3 aromatic rings. The van der Waals surface area contributed by atoms with Crippen LogP contribution >= 0.6 is 11.6 Å². The van der Waals surface area contributed by atoms with Crippen LogP contribution in [0.3, 0.4) is 0 Å². The van der Waals surface area contributed by atoms with Crippen molar-refractivity contribution in [1.29, 1.82) is 0 Å². The highest BCUT2D eigenvalue weighted by Crippen LogP contribution is 2.14. The minimum atomic E-state index is -0.416. The molecule has 0 fully saturated rings. The summed E-state index contributed by atoms with van der Waals surface area (Å²) in [4.78, 5) is 23.7. The van der Waals surface area contributed by atoms with Crippen molar-refractivity contribution in [1.82, 2.24) is 15.4 Å². The number of carbonyl (C=O) groups excluding carboxylic acids is 2. The van der Waals surface area contributed by atoms with Crippen molar-refractivity contribution >= 4 is 40.4 Å². The van der Waals surface area contributed by atoms with Crippen LogP contribution in [0.2, 0.25) is 5.02 Å². The number of hydrogen-bond acceptors (Lipinski definition) is 2. The van der Waals surface area contributed by atoms with E-state index in [-0.39, 0.29) is 12.5 Å². The van der Waals surface area contributed by atoms with Crippen molar-refractivity contribution in [2.75, 3.05) is 0 Å². The summed E-state index contributed by atoms with van der Waals surface area (Å²) in [5.41, 5.74) is 6.56. The number of hydrazine groups is 1. The third-order valence-corrected chi connectivity index (χ3v) is 3.87. The summed E-state index contributed by atoms with van der Waals surface area (Å²) in [6, 6.07) is 16.8. The standard InChI is InChI=1S/C19H16ClN3O2/c20-16-8-5-14(6-9-16)7-10-18(24)21-22-19(25)13-23-12-11-15-3-1-2-4-17(15)23/h1-12H,13H2,(H,21,24)(H,22,25)/b10-7+. The molecule has 0 saturated carbocycles. The zero-order valence-electron chi connectivity index (χ0n) is 13.3. The highest BCUT2D eigenvalue weighted by molar-refractivity contribution is 6.30. The molecule has 126 valence electrons. The van der Waals surface area contributed by atoms with Gasteiger partial charge >= 0.3 is 0 Å². The highest BCUT2D eigenvalue weighted by atomic mass is 35.5. The molecule has 0 aliphatic heterocycles. The van der Waals surface area contributed by atoms with Gasteiger partial charge < -0.3 is 4.57 Å². The fourth-order valence-electron chi connectivity index (χ4n) is 2.39. The van der Waals surface area contributed by atoms with Crippen molar-refractivity contribution in [3.8, 4) is 0 Å². The van der Waals surface area contributed by atoms with Crippen LogP contribution in [0.5, 0.6) is 0 Å². The van der Waals surface area contributed by atoms with Gasteiger partial charge in [-0.15, -0.1) is 0 Å². The van der Waals surface area contributed by atoms with Crippen LogP contribution < -0.4 is 10.9 Å². The van der Waals surface area contributed by atoms with Crippen molar-refractivity contribution in [2.45, 2.75) is 6.54 Å². The number of fused-ring (bicyclic) bond motifs is 1. The first-order chi connectivity index (χ1) is 12.1. The van der Waals surface area contributed by atoms with Gasteiger partial charge in [0.05, 0.1) is 0 Å². The summed E-state index contributed by atoms with van der Waals surface area (Å²) in [5, 5.41) is 1.69. The number of benzene rings is 2. The van der Waals surface area contributed by atoms with E-state index in [2.05, 4.69) is 10.9 Å². The Morgan fingerprint density at radius 2 is 1.76 bits per heavy atom. The van der Waals surface area contributed by atoms with E-state index in [1.54, 1.807) is 30.3 Å². The zero-order valence-corrected chi connectivity index (χ0v) is 14.0. The first-order valence-electron chi connectivity index (χ1n) is 7.68. The van der Waals surface area contributed by atoms with Crippen LogP contribution in [-0.4, -0.2) is 16.4 Å². The number of amides is 2. The molecule has 1 heterocycles. The quantitative estimate of drug-likeness (QED) is 0.559. The predicted octanol–water partition coefficient (Wildman–Crippen LogP) is 3.16. The van der Waals surface area contributed by atoms with Gasteiger partial charge in [0.1, 0.15) is 6.54 Å². The minimum Gasteiger partial charge on any atom is -0.338 e. The number of nitrogens with one attached hydrogen (secondary N) is 2. The van der Waals surface area contributed by atoms with Crippen LogP contribution in [0.4, 0.5) is 0 Å². The van der Waals surface area contributed by atoms with E-state index in [0.717, 1.165) is 16.5 Å². The molecular weight excluding hydrogens is 338 g/mol. The van der Waals surface area contributed by atoms with Crippen LogP contribution in [-0.2, 0) is 16.1 Å². The Balaban J connectivity index is 1.51. The Kier molecular flexibility index (Phi) is 5.16. The smallest absolute Gasteiger partial charge is 0.262 e. The van der Waals surface area contributed by atoms with E-state index < -0.39 is 5.91 Å². The molecule has 0 unspecified atom stereocenters. The fraction of sp³-hybridized carbons (Fsp3) is 0.0526. The lowest BCUT2D eigenvalue weighted by Crippen LogP contribution is -2.42. The molecule has 0 bridgehead atoms. The lowest BCUT2D eigenvalue weighted by atomic mass is 10.2. The topological polar surface area (TPSA) is 63.1 Å². The molecule has 0 atom stereocenters. The molecule has 2 N–H and O–H groups in total. The van der Waals surface area contributed by atoms with E-state index in [1.807, 2.05) is 41.1 Å². The van der Waals surface area contributed by atoms with Crippen LogP contribution in [0.15, 0.2) is 66.9 Å². The monoisotopic (exact) mass is 353 g/mol. The Bertz CT molecular complexity index is 929. The fourth-order valence-corrected chi connectivity index (χ4v) is 2.52. The molecular formula is C19H16ClN3O2. The molecule has 2 aromatic carbocycles.